The van der Waals surface area contributed by atoms with Gasteiger partial charge >= 0.3 is 0 Å². The molecule has 1 aromatic carbocycles. The summed E-state index contributed by atoms with van der Waals surface area (Å²) >= 11 is 2.83. The van der Waals surface area contributed by atoms with Crippen molar-refractivity contribution in [2.75, 3.05) is 12.9 Å². The average molecular weight is 477 g/mol. The molecular formula is C25H24N4O2S2. The Kier molecular flexibility index (Phi) is 7.76. The largest absolute Gasteiger partial charge is 0.497 e. The van der Waals surface area contributed by atoms with Crippen molar-refractivity contribution in [2.45, 2.75) is 37.1 Å². The number of rotatable bonds is 7. The first-order valence-corrected chi connectivity index (χ1v) is 12.6. The van der Waals surface area contributed by atoms with Crippen LogP contribution < -0.4 is 10.2 Å². The Morgan fingerprint density at radius 2 is 2.09 bits per heavy atom. The van der Waals surface area contributed by atoms with Crippen molar-refractivity contribution in [1.82, 2.24) is 10.4 Å². The first-order valence-electron chi connectivity index (χ1n) is 10.8. The monoisotopic (exact) mass is 476 g/mol. The number of nitrogens with one attached hydrogen (secondary N) is 1. The van der Waals surface area contributed by atoms with Gasteiger partial charge in [0, 0.05) is 16.1 Å². The summed E-state index contributed by atoms with van der Waals surface area (Å²) in [5, 5.41) is 16.7. The smallest absolute Gasteiger partial charge is 0.250 e. The number of hydrogen-bond acceptors (Lipinski definition) is 7. The van der Waals surface area contributed by atoms with Crippen molar-refractivity contribution in [2.24, 2.45) is 5.10 Å². The molecule has 0 fully saturated rings. The van der Waals surface area contributed by atoms with Gasteiger partial charge in [-0.25, -0.2) is 10.4 Å². The van der Waals surface area contributed by atoms with E-state index in [1.165, 1.54) is 11.8 Å². The van der Waals surface area contributed by atoms with E-state index in [4.69, 9.17) is 9.72 Å². The molecule has 168 valence electrons. The van der Waals surface area contributed by atoms with Crippen LogP contribution in [0.15, 0.2) is 51.9 Å². The van der Waals surface area contributed by atoms with E-state index in [-0.39, 0.29) is 11.7 Å². The van der Waals surface area contributed by atoms with Crippen molar-refractivity contribution in [1.29, 1.82) is 5.26 Å². The number of ether oxygens (including phenoxy) is 1. The van der Waals surface area contributed by atoms with Crippen LogP contribution >= 0.6 is 23.1 Å². The fraction of sp³-hybridized carbons (Fsp3) is 0.280. The van der Waals surface area contributed by atoms with Gasteiger partial charge in [-0.3, -0.25) is 4.79 Å². The SMILES string of the molecule is COc1ccc(-c2c(C#N)c(SCC(=O)N/N=C/c3cccs3)nc3c2CCCCC3)cc1. The number of methoxy groups -OCH3 is 1. The molecule has 0 spiro atoms. The molecule has 4 rings (SSSR count). The summed E-state index contributed by atoms with van der Waals surface area (Å²) < 4.78 is 5.30. The van der Waals surface area contributed by atoms with E-state index in [9.17, 15) is 10.1 Å². The van der Waals surface area contributed by atoms with Crippen LogP contribution in [-0.2, 0) is 17.6 Å². The van der Waals surface area contributed by atoms with Crippen molar-refractivity contribution in [3.8, 4) is 22.9 Å². The maximum absolute atomic E-state index is 12.3. The zero-order chi connectivity index (χ0) is 23.0. The number of nitrogens with zero attached hydrogens (tertiary/aromatic N) is 3. The summed E-state index contributed by atoms with van der Waals surface area (Å²) in [6, 6.07) is 14.0. The zero-order valence-electron chi connectivity index (χ0n) is 18.3. The number of thiophene rings is 1. The highest BCUT2D eigenvalue weighted by molar-refractivity contribution is 8.00. The van der Waals surface area contributed by atoms with E-state index >= 15 is 0 Å². The molecular weight excluding hydrogens is 452 g/mol. The number of pyridine rings is 1. The predicted octanol–water partition coefficient (Wildman–Crippen LogP) is 5.20. The van der Waals surface area contributed by atoms with Gasteiger partial charge in [-0.05, 0) is 60.4 Å². The molecule has 0 unspecified atom stereocenters. The number of nitriles is 1. The predicted molar refractivity (Wildman–Crippen MR) is 133 cm³/mol. The molecule has 6 nitrogen and oxygen atoms in total. The van der Waals surface area contributed by atoms with Crippen molar-refractivity contribution < 1.29 is 9.53 Å². The Balaban J connectivity index is 1.61. The van der Waals surface area contributed by atoms with E-state index in [2.05, 4.69) is 16.6 Å². The molecule has 1 aliphatic rings. The number of amides is 1. The Morgan fingerprint density at radius 1 is 1.27 bits per heavy atom. The summed E-state index contributed by atoms with van der Waals surface area (Å²) in [5.41, 5.74) is 7.18. The van der Waals surface area contributed by atoms with Gasteiger partial charge in [0.05, 0.1) is 24.6 Å². The van der Waals surface area contributed by atoms with Gasteiger partial charge in [-0.1, -0.05) is 36.4 Å². The maximum atomic E-state index is 12.3. The van der Waals surface area contributed by atoms with Crippen LogP contribution in [0.5, 0.6) is 5.75 Å². The molecule has 0 radical (unpaired) electrons. The van der Waals surface area contributed by atoms with Gasteiger partial charge in [-0.2, -0.15) is 10.4 Å². The van der Waals surface area contributed by atoms with Gasteiger partial charge in [0.1, 0.15) is 16.8 Å². The molecule has 1 aliphatic carbocycles. The van der Waals surface area contributed by atoms with E-state index in [0.717, 1.165) is 65.1 Å². The second-order valence-electron chi connectivity index (χ2n) is 7.59. The second kappa shape index (κ2) is 11.1. The van der Waals surface area contributed by atoms with Gasteiger partial charge in [0.2, 0.25) is 5.91 Å². The van der Waals surface area contributed by atoms with Crippen LogP contribution in [-0.4, -0.2) is 30.0 Å². The first-order chi connectivity index (χ1) is 16.2. The van der Waals surface area contributed by atoms with E-state index in [1.54, 1.807) is 24.7 Å². The van der Waals surface area contributed by atoms with Gasteiger partial charge < -0.3 is 4.74 Å². The van der Waals surface area contributed by atoms with Crippen LogP contribution in [0, 0.1) is 11.3 Å². The lowest BCUT2D eigenvalue weighted by molar-refractivity contribution is -0.118. The lowest BCUT2D eigenvalue weighted by atomic mass is 9.92. The van der Waals surface area contributed by atoms with Crippen LogP contribution in [0.3, 0.4) is 0 Å². The summed E-state index contributed by atoms with van der Waals surface area (Å²) in [7, 11) is 1.64. The summed E-state index contributed by atoms with van der Waals surface area (Å²) in [6.07, 6.45) is 6.72. The van der Waals surface area contributed by atoms with Crippen LogP contribution in [0.4, 0.5) is 0 Å². The molecule has 1 amide bonds. The van der Waals surface area contributed by atoms with E-state index in [0.29, 0.717) is 10.6 Å². The Hall–Kier alpha value is -3.15. The van der Waals surface area contributed by atoms with Crippen molar-refractivity contribution >= 4 is 35.2 Å². The van der Waals surface area contributed by atoms with Gasteiger partial charge in [0.15, 0.2) is 0 Å². The highest BCUT2D eigenvalue weighted by Gasteiger charge is 2.23. The molecule has 1 N–H and O–H groups in total. The topological polar surface area (TPSA) is 87.4 Å². The molecule has 2 aromatic heterocycles. The number of carbonyl (C=O) groups excluding carboxylic acids is 1. The second-order valence-corrected chi connectivity index (χ2v) is 9.53. The fourth-order valence-electron chi connectivity index (χ4n) is 3.88. The van der Waals surface area contributed by atoms with Crippen molar-refractivity contribution in [3.63, 3.8) is 0 Å². The minimum absolute atomic E-state index is 0.129. The molecule has 0 saturated carbocycles. The number of carbonyl (C=O) groups is 1. The van der Waals surface area contributed by atoms with Crippen LogP contribution in [0.1, 0.15) is 41.0 Å². The number of hydrazone groups is 1. The summed E-state index contributed by atoms with van der Waals surface area (Å²) in [5.74, 6) is 0.663. The third kappa shape index (κ3) is 5.62. The lowest BCUT2D eigenvalue weighted by Gasteiger charge is -2.17. The molecule has 3 aromatic rings. The molecule has 33 heavy (non-hydrogen) atoms. The quantitative estimate of drug-likeness (QED) is 0.219. The van der Waals surface area contributed by atoms with Gasteiger partial charge in [0.25, 0.3) is 0 Å². The van der Waals surface area contributed by atoms with Crippen LogP contribution in [0.25, 0.3) is 11.1 Å². The van der Waals surface area contributed by atoms with Gasteiger partial charge in [-0.15, -0.1) is 11.3 Å². The van der Waals surface area contributed by atoms with E-state index < -0.39 is 0 Å². The number of aromatic nitrogens is 1. The van der Waals surface area contributed by atoms with Crippen molar-refractivity contribution in [3.05, 3.63) is 63.5 Å². The van der Waals surface area contributed by atoms with Crippen LogP contribution in [0.2, 0.25) is 0 Å². The highest BCUT2D eigenvalue weighted by atomic mass is 32.2. The highest BCUT2D eigenvalue weighted by Crippen LogP contribution is 2.38. The molecule has 0 bridgehead atoms. The first kappa shape index (κ1) is 23.0. The molecule has 0 atom stereocenters. The number of hydrogen-bond donors (Lipinski definition) is 1. The minimum atomic E-state index is -0.237. The maximum Gasteiger partial charge on any atom is 0.250 e. The molecule has 0 aliphatic heterocycles. The zero-order valence-corrected chi connectivity index (χ0v) is 20.0. The molecule has 0 saturated heterocycles. The number of benzene rings is 1. The lowest BCUT2D eigenvalue weighted by Crippen LogP contribution is -2.20. The Bertz CT molecular complexity index is 1180. The standard InChI is InChI=1S/C25H24N4O2S2/c1-31-18-11-9-17(10-12-18)24-20-7-3-2-4-8-22(20)28-25(21(24)14-26)33-16-23(30)29-27-15-19-6-5-13-32-19/h5-6,9-13,15H,2-4,7-8,16H2,1H3,(H,29,30)/b27-15+. The number of thioether (sulfide) groups is 1. The molecule has 8 heteroatoms. The summed E-state index contributed by atoms with van der Waals surface area (Å²) in [4.78, 5) is 18.2. The minimum Gasteiger partial charge on any atom is -0.497 e. The molecule has 2 heterocycles. The summed E-state index contributed by atoms with van der Waals surface area (Å²) in [6.45, 7) is 0. The fourth-order valence-corrected chi connectivity index (χ4v) is 5.26. The van der Waals surface area contributed by atoms with E-state index in [1.807, 2.05) is 41.8 Å². The number of aryl methyl sites for hydroxylation is 1. The third-order valence-electron chi connectivity index (χ3n) is 5.45. The normalized spacial score (nSPS) is 13.2. The Labute approximate surface area is 201 Å². The number of fused-ring (bicyclic) bond motifs is 1. The average Bonchev–Trinajstić information content (AvgIpc) is 3.25. The Morgan fingerprint density at radius 3 is 2.82 bits per heavy atom. The third-order valence-corrected chi connectivity index (χ3v) is 7.23.